The van der Waals surface area contributed by atoms with E-state index in [1.54, 1.807) is 24.3 Å². The molecule has 150 valence electrons. The van der Waals surface area contributed by atoms with E-state index in [1.807, 2.05) is 18.2 Å². The van der Waals surface area contributed by atoms with E-state index in [4.69, 9.17) is 0 Å². The Morgan fingerprint density at radius 3 is 2.90 bits per heavy atom. The summed E-state index contributed by atoms with van der Waals surface area (Å²) in [4.78, 5) is 12.4. The highest BCUT2D eigenvalue weighted by molar-refractivity contribution is 6.06. The van der Waals surface area contributed by atoms with Crippen LogP contribution in [0, 0.1) is 17.3 Å². The molecule has 0 aromatic heterocycles. The van der Waals surface area contributed by atoms with Crippen molar-refractivity contribution in [2.24, 2.45) is 17.3 Å². The van der Waals surface area contributed by atoms with Gasteiger partial charge in [-0.15, -0.1) is 5.73 Å². The summed E-state index contributed by atoms with van der Waals surface area (Å²) in [6.45, 7) is 2.23. The van der Waals surface area contributed by atoms with Gasteiger partial charge in [0.25, 0.3) is 0 Å². The van der Waals surface area contributed by atoms with Crippen LogP contribution in [0.3, 0.4) is 0 Å². The molecule has 3 nitrogen and oxygen atoms in total. The van der Waals surface area contributed by atoms with Gasteiger partial charge in [0.15, 0.2) is 5.78 Å². The third kappa shape index (κ3) is 2.79. The minimum atomic E-state index is -0.930. The summed E-state index contributed by atoms with van der Waals surface area (Å²) >= 11 is 0. The van der Waals surface area contributed by atoms with Gasteiger partial charge in [0.2, 0.25) is 0 Å². The average Bonchev–Trinajstić information content (AvgIpc) is 3.33. The number of fused-ring (bicyclic) bond motifs is 5. The highest BCUT2D eigenvalue weighted by atomic mass is 16.3. The van der Waals surface area contributed by atoms with Gasteiger partial charge >= 0.3 is 0 Å². The van der Waals surface area contributed by atoms with Gasteiger partial charge in [-0.1, -0.05) is 19.1 Å². The van der Waals surface area contributed by atoms with Crippen LogP contribution in [-0.2, 0) is 11.2 Å². The second-order valence-corrected chi connectivity index (χ2v) is 9.50. The molecule has 0 aliphatic heterocycles. The maximum atomic E-state index is 12.4. The Morgan fingerprint density at radius 2 is 2.10 bits per heavy atom. The number of aliphatic hydroxyl groups is 1. The van der Waals surface area contributed by atoms with Crippen molar-refractivity contribution in [2.45, 2.75) is 57.0 Å². The summed E-state index contributed by atoms with van der Waals surface area (Å²) in [5, 5.41) is 21.5. The Balaban J connectivity index is 1.41. The van der Waals surface area contributed by atoms with Gasteiger partial charge in [0.05, 0.1) is 11.2 Å². The minimum absolute atomic E-state index is 0.0874. The Bertz CT molecular complexity index is 993. The zero-order valence-corrected chi connectivity index (χ0v) is 16.9. The van der Waals surface area contributed by atoms with Crippen LogP contribution in [0.4, 0.5) is 0 Å². The number of aryl methyl sites for hydroxylation is 1. The topological polar surface area (TPSA) is 57.5 Å². The van der Waals surface area contributed by atoms with Crippen LogP contribution in [0.15, 0.2) is 59.9 Å². The molecule has 2 fully saturated rings. The van der Waals surface area contributed by atoms with E-state index in [0.717, 1.165) is 32.1 Å². The summed E-state index contributed by atoms with van der Waals surface area (Å²) in [6, 6.07) is 5.86. The van der Waals surface area contributed by atoms with Crippen LogP contribution in [0.2, 0.25) is 0 Å². The number of hydrogen-bond acceptors (Lipinski definition) is 3. The zero-order chi connectivity index (χ0) is 20.2. The fourth-order valence-electron chi connectivity index (χ4n) is 6.68. The average molecular weight is 389 g/mol. The molecule has 5 rings (SSSR count). The first-order chi connectivity index (χ1) is 13.9. The lowest BCUT2D eigenvalue weighted by Gasteiger charge is -2.52. The van der Waals surface area contributed by atoms with Crippen molar-refractivity contribution in [1.29, 1.82) is 0 Å². The summed E-state index contributed by atoms with van der Waals surface area (Å²) in [5.74, 6) is 1.81. The van der Waals surface area contributed by atoms with E-state index in [9.17, 15) is 15.0 Å². The number of allylic oxidation sites excluding steroid dienone is 4. The van der Waals surface area contributed by atoms with Crippen molar-refractivity contribution < 1.29 is 15.0 Å². The van der Waals surface area contributed by atoms with Gasteiger partial charge in [0, 0.05) is 5.41 Å². The number of aromatic hydroxyl groups is 1. The lowest BCUT2D eigenvalue weighted by molar-refractivity contribution is -0.111. The highest BCUT2D eigenvalue weighted by Crippen LogP contribution is 2.64. The van der Waals surface area contributed by atoms with Gasteiger partial charge in [-0.2, -0.15) is 0 Å². The fourth-order valence-corrected chi connectivity index (χ4v) is 6.68. The quantitative estimate of drug-likeness (QED) is 0.580. The molecule has 0 radical (unpaired) electrons. The summed E-state index contributed by atoms with van der Waals surface area (Å²) in [5.41, 5.74) is 5.06. The van der Waals surface area contributed by atoms with Crippen LogP contribution < -0.4 is 0 Å². The number of phenolic OH excluding ortho intramolecular Hbond substituents is 1. The van der Waals surface area contributed by atoms with Crippen LogP contribution in [0.25, 0.3) is 0 Å². The van der Waals surface area contributed by atoms with E-state index in [2.05, 4.69) is 18.7 Å². The van der Waals surface area contributed by atoms with Gasteiger partial charge in [0.1, 0.15) is 5.75 Å². The molecule has 5 atom stereocenters. The van der Waals surface area contributed by atoms with Gasteiger partial charge < -0.3 is 10.2 Å². The molecular weight excluding hydrogens is 360 g/mol. The zero-order valence-electron chi connectivity index (χ0n) is 16.9. The van der Waals surface area contributed by atoms with Crippen molar-refractivity contribution in [1.82, 2.24) is 0 Å². The van der Waals surface area contributed by atoms with Crippen molar-refractivity contribution in [2.75, 3.05) is 0 Å². The number of rotatable bonds is 3. The Morgan fingerprint density at radius 1 is 1.24 bits per heavy atom. The molecule has 0 bridgehead atoms. The van der Waals surface area contributed by atoms with E-state index < -0.39 is 5.60 Å². The highest BCUT2D eigenvalue weighted by Gasteiger charge is 2.60. The molecular formula is C26H28O3. The first kappa shape index (κ1) is 18.7. The summed E-state index contributed by atoms with van der Waals surface area (Å²) in [6.07, 6.45) is 14.5. The minimum Gasteiger partial charge on any atom is -0.508 e. The second kappa shape index (κ2) is 6.58. The predicted octanol–water partition coefficient (Wildman–Crippen LogP) is 4.76. The second-order valence-electron chi connectivity index (χ2n) is 9.50. The lowest BCUT2D eigenvalue weighted by Crippen LogP contribution is -2.49. The van der Waals surface area contributed by atoms with Gasteiger partial charge in [-0.05, 0) is 104 Å². The normalized spacial score (nSPS) is 37.3. The molecule has 0 amide bonds. The fraction of sp³-hybridized carbons (Fsp3) is 0.462. The maximum Gasteiger partial charge on any atom is 0.193 e. The van der Waals surface area contributed by atoms with Crippen LogP contribution in [0.5, 0.6) is 5.75 Å². The number of hydrogen-bond donors (Lipinski definition) is 2. The number of ketones is 1. The van der Waals surface area contributed by atoms with E-state index in [0.29, 0.717) is 35.5 Å². The van der Waals surface area contributed by atoms with E-state index in [-0.39, 0.29) is 11.2 Å². The van der Waals surface area contributed by atoms with Crippen LogP contribution in [0.1, 0.15) is 56.1 Å². The Hall–Kier alpha value is -2.35. The molecule has 29 heavy (non-hydrogen) atoms. The SMILES string of the molecule is C[C@]12CC[C@@H]3c4ccc(O)cc4CC[C@H]3[C@@H]1CC[C@@]2(O)/C=C/C(=O)C1=C=CC=C1. The van der Waals surface area contributed by atoms with Crippen LogP contribution in [-0.4, -0.2) is 21.6 Å². The molecule has 4 aliphatic carbocycles. The van der Waals surface area contributed by atoms with Gasteiger partial charge in [-0.3, -0.25) is 4.79 Å². The number of carbonyl (C=O) groups is 1. The first-order valence-electron chi connectivity index (χ1n) is 10.8. The monoisotopic (exact) mass is 388 g/mol. The molecule has 1 aromatic carbocycles. The molecule has 0 spiro atoms. The predicted molar refractivity (Wildman–Crippen MR) is 113 cm³/mol. The van der Waals surface area contributed by atoms with Crippen molar-refractivity contribution >= 4 is 5.78 Å². The smallest absolute Gasteiger partial charge is 0.193 e. The third-order valence-electron chi connectivity index (χ3n) is 8.30. The van der Waals surface area contributed by atoms with Crippen molar-refractivity contribution in [3.63, 3.8) is 0 Å². The third-order valence-corrected chi connectivity index (χ3v) is 8.30. The molecule has 1 aromatic rings. The number of carbonyl (C=O) groups excluding carboxylic acids is 1. The standard InChI is InChI=1S/C26H28O3/c1-25-13-10-21-20-9-7-19(27)16-18(20)6-8-22(21)23(25)11-14-26(25,29)15-12-24(28)17-4-2-3-5-17/h2-4,7,9,12,15-16,21-23,27,29H,6,8,10-11,13-14H2,1H3/b15-12+/t21-,22-,23+,25+,26-/m1/s1. The van der Waals surface area contributed by atoms with Crippen LogP contribution >= 0.6 is 0 Å². The number of phenols is 1. The first-order valence-corrected chi connectivity index (χ1v) is 10.8. The summed E-state index contributed by atoms with van der Waals surface area (Å²) in [7, 11) is 0. The molecule has 0 unspecified atom stereocenters. The van der Waals surface area contributed by atoms with Crippen molar-refractivity contribution in [3.05, 3.63) is 71.0 Å². The summed E-state index contributed by atoms with van der Waals surface area (Å²) < 4.78 is 0. The molecule has 2 saturated carbocycles. The Labute approximate surface area is 172 Å². The molecule has 2 N–H and O–H groups in total. The number of benzene rings is 1. The Kier molecular flexibility index (Phi) is 4.24. The molecule has 3 heteroatoms. The van der Waals surface area contributed by atoms with Crippen molar-refractivity contribution in [3.8, 4) is 5.75 Å². The van der Waals surface area contributed by atoms with E-state index in [1.165, 1.54) is 11.1 Å². The van der Waals surface area contributed by atoms with E-state index >= 15 is 0 Å². The molecule has 0 heterocycles. The molecule has 4 aliphatic rings. The van der Waals surface area contributed by atoms with Gasteiger partial charge in [-0.25, -0.2) is 0 Å². The molecule has 0 saturated heterocycles. The maximum absolute atomic E-state index is 12.4. The lowest BCUT2D eigenvalue weighted by atomic mass is 9.53. The largest absolute Gasteiger partial charge is 0.508 e.